The molecular weight excluding hydrogens is 258 g/mol. The summed E-state index contributed by atoms with van der Waals surface area (Å²) >= 11 is 0. The van der Waals surface area contributed by atoms with Crippen molar-refractivity contribution in [1.29, 1.82) is 0 Å². The van der Waals surface area contributed by atoms with Gasteiger partial charge in [0.1, 0.15) is 0 Å². The molecule has 0 bridgehead atoms. The summed E-state index contributed by atoms with van der Waals surface area (Å²) < 4.78 is 0. The second-order valence-corrected chi connectivity index (χ2v) is 5.08. The normalized spacial score (nSPS) is 22.9. The van der Waals surface area contributed by atoms with Crippen LogP contribution in [0, 0.1) is 10.1 Å². The highest BCUT2D eigenvalue weighted by molar-refractivity contribution is 5.78. The Morgan fingerprint density at radius 2 is 2.05 bits per heavy atom. The Morgan fingerprint density at radius 1 is 1.40 bits per heavy atom. The van der Waals surface area contributed by atoms with Crippen molar-refractivity contribution >= 4 is 11.6 Å². The van der Waals surface area contributed by atoms with Crippen LogP contribution >= 0.6 is 0 Å². The molecule has 0 aromatic heterocycles. The van der Waals surface area contributed by atoms with Gasteiger partial charge in [-0.2, -0.15) is 0 Å². The highest BCUT2D eigenvalue weighted by Gasteiger charge is 2.34. The second kappa shape index (κ2) is 6.00. The second-order valence-electron chi connectivity index (χ2n) is 5.08. The van der Waals surface area contributed by atoms with Crippen LogP contribution in [-0.4, -0.2) is 28.3 Å². The molecule has 0 aliphatic carbocycles. The maximum Gasteiger partial charge on any atom is 0.269 e. The molecule has 1 aromatic carbocycles. The Morgan fingerprint density at radius 3 is 2.60 bits per heavy atom. The molecule has 0 spiro atoms. The third kappa shape index (κ3) is 2.80. The third-order valence-corrected chi connectivity index (χ3v) is 3.66. The highest BCUT2D eigenvalue weighted by Crippen LogP contribution is 2.31. The van der Waals surface area contributed by atoms with Gasteiger partial charge in [-0.15, -0.1) is 0 Å². The molecule has 2 N–H and O–H groups in total. The zero-order valence-corrected chi connectivity index (χ0v) is 11.5. The minimum atomic E-state index is -0.431. The van der Waals surface area contributed by atoms with Crippen molar-refractivity contribution in [3.05, 3.63) is 39.9 Å². The molecule has 2 rings (SSSR count). The van der Waals surface area contributed by atoms with Crippen LogP contribution in [0.1, 0.15) is 37.8 Å². The van der Waals surface area contributed by atoms with E-state index in [0.717, 1.165) is 12.0 Å². The Kier molecular flexibility index (Phi) is 4.34. The summed E-state index contributed by atoms with van der Waals surface area (Å²) in [6.45, 7) is 2.68. The lowest BCUT2D eigenvalue weighted by Gasteiger charge is -2.40. The number of carbonyl (C=O) groups is 1. The van der Waals surface area contributed by atoms with E-state index in [1.54, 1.807) is 17.0 Å². The number of nitro benzene ring substituents is 1. The standard InChI is InChI=1S/C14H19N3O3/c1-2-9-16-13(18)8-7-12(15)14(16)10-3-5-11(6-4-10)17(19)20/h3-6,12,14H,2,7-9,15H2,1H3. The maximum absolute atomic E-state index is 12.1. The lowest BCUT2D eigenvalue weighted by Crippen LogP contribution is -2.49. The largest absolute Gasteiger partial charge is 0.334 e. The van der Waals surface area contributed by atoms with E-state index in [9.17, 15) is 14.9 Å². The molecule has 20 heavy (non-hydrogen) atoms. The van der Waals surface area contributed by atoms with E-state index in [1.165, 1.54) is 12.1 Å². The van der Waals surface area contributed by atoms with Crippen molar-refractivity contribution in [2.45, 2.75) is 38.3 Å². The molecule has 1 aliphatic rings. The van der Waals surface area contributed by atoms with E-state index in [-0.39, 0.29) is 23.7 Å². The minimum absolute atomic E-state index is 0.0477. The first-order valence-electron chi connectivity index (χ1n) is 6.84. The Hall–Kier alpha value is -1.95. The number of amides is 1. The number of hydrogen-bond acceptors (Lipinski definition) is 4. The van der Waals surface area contributed by atoms with Gasteiger partial charge in [-0.25, -0.2) is 0 Å². The maximum atomic E-state index is 12.1. The van der Waals surface area contributed by atoms with Gasteiger partial charge in [0.15, 0.2) is 0 Å². The first-order chi connectivity index (χ1) is 9.54. The molecule has 1 aromatic rings. The summed E-state index contributed by atoms with van der Waals surface area (Å²) in [7, 11) is 0. The molecule has 0 saturated carbocycles. The van der Waals surface area contributed by atoms with Gasteiger partial charge < -0.3 is 10.6 Å². The van der Waals surface area contributed by atoms with Gasteiger partial charge in [-0.1, -0.05) is 19.1 Å². The van der Waals surface area contributed by atoms with E-state index >= 15 is 0 Å². The molecule has 1 aliphatic heterocycles. The topological polar surface area (TPSA) is 89.5 Å². The molecule has 2 unspecified atom stereocenters. The number of non-ortho nitro benzene ring substituents is 1. The fourth-order valence-electron chi connectivity index (χ4n) is 2.70. The fraction of sp³-hybridized carbons (Fsp3) is 0.500. The number of nitrogens with two attached hydrogens (primary N) is 1. The molecule has 108 valence electrons. The summed E-state index contributed by atoms with van der Waals surface area (Å²) in [4.78, 5) is 24.1. The lowest BCUT2D eigenvalue weighted by atomic mass is 9.90. The van der Waals surface area contributed by atoms with Crippen molar-refractivity contribution in [3.63, 3.8) is 0 Å². The van der Waals surface area contributed by atoms with Gasteiger partial charge in [0, 0.05) is 31.1 Å². The van der Waals surface area contributed by atoms with E-state index in [1.807, 2.05) is 6.92 Å². The number of benzene rings is 1. The van der Waals surface area contributed by atoms with E-state index in [4.69, 9.17) is 5.73 Å². The van der Waals surface area contributed by atoms with Crippen LogP contribution in [0.5, 0.6) is 0 Å². The van der Waals surface area contributed by atoms with Crippen molar-refractivity contribution in [2.24, 2.45) is 5.73 Å². The summed E-state index contributed by atoms with van der Waals surface area (Å²) in [5.41, 5.74) is 7.08. The number of nitro groups is 1. The van der Waals surface area contributed by atoms with Gasteiger partial charge in [0.05, 0.1) is 11.0 Å². The van der Waals surface area contributed by atoms with Crippen molar-refractivity contribution in [3.8, 4) is 0 Å². The Labute approximate surface area is 117 Å². The van der Waals surface area contributed by atoms with Gasteiger partial charge >= 0.3 is 0 Å². The van der Waals surface area contributed by atoms with Crippen LogP contribution in [0.2, 0.25) is 0 Å². The zero-order chi connectivity index (χ0) is 14.7. The summed E-state index contributed by atoms with van der Waals surface area (Å²) in [5.74, 6) is 0.108. The van der Waals surface area contributed by atoms with Crippen LogP contribution in [0.15, 0.2) is 24.3 Å². The van der Waals surface area contributed by atoms with Crippen LogP contribution < -0.4 is 5.73 Å². The molecule has 1 heterocycles. The molecular formula is C14H19N3O3. The van der Waals surface area contributed by atoms with Crippen LogP contribution in [-0.2, 0) is 4.79 Å². The van der Waals surface area contributed by atoms with E-state index < -0.39 is 4.92 Å². The number of piperidine rings is 1. The molecule has 1 amide bonds. The van der Waals surface area contributed by atoms with Crippen LogP contribution in [0.25, 0.3) is 0 Å². The third-order valence-electron chi connectivity index (χ3n) is 3.66. The molecule has 0 radical (unpaired) electrons. The number of likely N-dealkylation sites (tertiary alicyclic amines) is 1. The summed E-state index contributed by atoms with van der Waals surface area (Å²) in [6.07, 6.45) is 1.99. The SMILES string of the molecule is CCCN1C(=O)CCC(N)C1c1ccc([N+](=O)[O-])cc1. The summed E-state index contributed by atoms with van der Waals surface area (Å²) in [6, 6.07) is 6.02. The number of rotatable bonds is 4. The average Bonchev–Trinajstić information content (AvgIpc) is 2.43. The molecule has 1 saturated heterocycles. The molecule has 1 fully saturated rings. The van der Waals surface area contributed by atoms with Crippen molar-refractivity contribution < 1.29 is 9.72 Å². The molecule has 6 heteroatoms. The van der Waals surface area contributed by atoms with Crippen LogP contribution in [0.4, 0.5) is 5.69 Å². The minimum Gasteiger partial charge on any atom is -0.334 e. The Bertz CT molecular complexity index is 501. The van der Waals surface area contributed by atoms with E-state index in [2.05, 4.69) is 0 Å². The van der Waals surface area contributed by atoms with Gasteiger partial charge in [0.2, 0.25) is 5.91 Å². The first kappa shape index (κ1) is 14.5. The van der Waals surface area contributed by atoms with Gasteiger partial charge in [-0.05, 0) is 18.4 Å². The van der Waals surface area contributed by atoms with Gasteiger partial charge in [-0.3, -0.25) is 14.9 Å². The predicted molar refractivity (Wildman–Crippen MR) is 75.1 cm³/mol. The number of carbonyl (C=O) groups excluding carboxylic acids is 1. The highest BCUT2D eigenvalue weighted by atomic mass is 16.6. The first-order valence-corrected chi connectivity index (χ1v) is 6.84. The average molecular weight is 277 g/mol. The number of nitrogens with zero attached hydrogens (tertiary/aromatic N) is 2. The quantitative estimate of drug-likeness (QED) is 0.673. The predicted octanol–water partition coefficient (Wildman–Crippen LogP) is 2.00. The van der Waals surface area contributed by atoms with Crippen LogP contribution in [0.3, 0.4) is 0 Å². The lowest BCUT2D eigenvalue weighted by molar-refractivity contribution is -0.384. The zero-order valence-electron chi connectivity index (χ0n) is 11.5. The summed E-state index contributed by atoms with van der Waals surface area (Å²) in [5, 5.41) is 10.7. The van der Waals surface area contributed by atoms with Crippen molar-refractivity contribution in [2.75, 3.05) is 6.54 Å². The van der Waals surface area contributed by atoms with Crippen molar-refractivity contribution in [1.82, 2.24) is 4.90 Å². The fourth-order valence-corrected chi connectivity index (χ4v) is 2.70. The van der Waals surface area contributed by atoms with E-state index in [0.29, 0.717) is 19.4 Å². The molecule has 6 nitrogen and oxygen atoms in total. The van der Waals surface area contributed by atoms with Gasteiger partial charge in [0.25, 0.3) is 5.69 Å². The molecule has 2 atom stereocenters. The number of hydrogen-bond donors (Lipinski definition) is 1. The Balaban J connectivity index is 2.30. The smallest absolute Gasteiger partial charge is 0.269 e. The monoisotopic (exact) mass is 277 g/mol.